The van der Waals surface area contributed by atoms with Gasteiger partial charge in [-0.1, -0.05) is 6.07 Å². The highest BCUT2D eigenvalue weighted by atomic mass is 19.4. The zero-order valence-electron chi connectivity index (χ0n) is 16.6. The molecule has 158 valence electrons. The maximum absolute atomic E-state index is 13.3. The number of carbonyl (C=O) groups is 1. The molecule has 2 amide bonds. The molecule has 3 aromatic rings. The summed E-state index contributed by atoms with van der Waals surface area (Å²) in [6, 6.07) is 6.88. The Morgan fingerprint density at radius 2 is 1.87 bits per heavy atom. The third-order valence-electron chi connectivity index (χ3n) is 5.23. The first-order valence-electron chi connectivity index (χ1n) is 9.46. The SMILES string of the molecule is CN(C)C(=O)N1CCN(c2ccnc3ccc(-c4cn[nH]c4C(F)(F)F)cc23)CC1. The first-order chi connectivity index (χ1) is 14.3. The van der Waals surface area contributed by atoms with E-state index in [0.29, 0.717) is 37.3 Å². The van der Waals surface area contributed by atoms with Crippen molar-refractivity contribution in [2.75, 3.05) is 45.2 Å². The summed E-state index contributed by atoms with van der Waals surface area (Å²) in [4.78, 5) is 22.0. The van der Waals surface area contributed by atoms with Crippen molar-refractivity contribution in [2.24, 2.45) is 0 Å². The largest absolute Gasteiger partial charge is 0.433 e. The summed E-state index contributed by atoms with van der Waals surface area (Å²) in [5, 5.41) is 6.40. The van der Waals surface area contributed by atoms with Gasteiger partial charge in [-0.25, -0.2) is 4.79 Å². The topological polar surface area (TPSA) is 68.4 Å². The first kappa shape index (κ1) is 20.0. The predicted molar refractivity (Wildman–Crippen MR) is 107 cm³/mol. The minimum absolute atomic E-state index is 0.000557. The Hall–Kier alpha value is -3.30. The molecule has 10 heteroatoms. The molecule has 0 aliphatic carbocycles. The molecular weight excluding hydrogens is 397 g/mol. The van der Waals surface area contributed by atoms with Gasteiger partial charge in [0.15, 0.2) is 0 Å². The van der Waals surface area contributed by atoms with Gasteiger partial charge in [-0.3, -0.25) is 10.1 Å². The van der Waals surface area contributed by atoms with Gasteiger partial charge in [-0.15, -0.1) is 0 Å². The number of aromatic amines is 1. The van der Waals surface area contributed by atoms with Crippen molar-refractivity contribution < 1.29 is 18.0 Å². The van der Waals surface area contributed by atoms with Gasteiger partial charge in [0.2, 0.25) is 0 Å². The van der Waals surface area contributed by atoms with Gasteiger partial charge < -0.3 is 14.7 Å². The van der Waals surface area contributed by atoms with Crippen molar-refractivity contribution in [3.63, 3.8) is 0 Å². The Morgan fingerprint density at radius 3 is 2.53 bits per heavy atom. The summed E-state index contributed by atoms with van der Waals surface area (Å²) >= 11 is 0. The number of nitrogens with one attached hydrogen (secondary N) is 1. The second-order valence-corrected chi connectivity index (χ2v) is 7.37. The third kappa shape index (κ3) is 3.64. The van der Waals surface area contributed by atoms with Crippen LogP contribution in [-0.2, 0) is 6.18 Å². The quantitative estimate of drug-likeness (QED) is 0.692. The van der Waals surface area contributed by atoms with E-state index in [9.17, 15) is 18.0 Å². The van der Waals surface area contributed by atoms with E-state index in [4.69, 9.17) is 0 Å². The number of benzene rings is 1. The van der Waals surface area contributed by atoms with Crippen molar-refractivity contribution in [1.82, 2.24) is 25.0 Å². The highest BCUT2D eigenvalue weighted by molar-refractivity contribution is 5.95. The van der Waals surface area contributed by atoms with E-state index in [1.165, 1.54) is 6.20 Å². The molecule has 2 aromatic heterocycles. The normalized spacial score (nSPS) is 15.0. The van der Waals surface area contributed by atoms with Crippen LogP contribution in [0.3, 0.4) is 0 Å². The molecule has 0 spiro atoms. The maximum Gasteiger partial charge on any atom is 0.433 e. The van der Waals surface area contributed by atoms with E-state index >= 15 is 0 Å². The Balaban J connectivity index is 1.67. The average Bonchev–Trinajstić information content (AvgIpc) is 3.23. The van der Waals surface area contributed by atoms with Crippen LogP contribution in [0.4, 0.5) is 23.7 Å². The molecule has 0 unspecified atom stereocenters. The Bertz CT molecular complexity index is 1070. The molecule has 0 radical (unpaired) electrons. The zero-order valence-corrected chi connectivity index (χ0v) is 16.6. The fraction of sp³-hybridized carbons (Fsp3) is 0.350. The van der Waals surface area contributed by atoms with Crippen LogP contribution in [0.1, 0.15) is 5.69 Å². The molecule has 3 heterocycles. The lowest BCUT2D eigenvalue weighted by Gasteiger charge is -2.37. The highest BCUT2D eigenvalue weighted by Crippen LogP contribution is 2.37. The zero-order chi connectivity index (χ0) is 21.5. The number of carbonyl (C=O) groups excluding carboxylic acids is 1. The van der Waals surface area contributed by atoms with E-state index in [1.807, 2.05) is 6.07 Å². The van der Waals surface area contributed by atoms with Crippen LogP contribution >= 0.6 is 0 Å². The highest BCUT2D eigenvalue weighted by Gasteiger charge is 2.36. The van der Waals surface area contributed by atoms with Crippen LogP contribution in [0, 0.1) is 0 Å². The van der Waals surface area contributed by atoms with Gasteiger partial charge in [-0.05, 0) is 23.8 Å². The molecule has 1 aliphatic rings. The van der Waals surface area contributed by atoms with Crippen LogP contribution in [0.25, 0.3) is 22.0 Å². The smallest absolute Gasteiger partial charge is 0.367 e. The molecule has 0 atom stereocenters. The number of amides is 2. The van der Waals surface area contributed by atoms with Crippen LogP contribution in [0.2, 0.25) is 0 Å². The van der Waals surface area contributed by atoms with Crippen LogP contribution in [0.5, 0.6) is 0 Å². The first-order valence-corrected chi connectivity index (χ1v) is 9.46. The van der Waals surface area contributed by atoms with Crippen molar-refractivity contribution in [3.8, 4) is 11.1 Å². The third-order valence-corrected chi connectivity index (χ3v) is 5.23. The van der Waals surface area contributed by atoms with E-state index < -0.39 is 11.9 Å². The molecule has 0 bridgehead atoms. The van der Waals surface area contributed by atoms with Crippen molar-refractivity contribution in [1.29, 1.82) is 0 Å². The Labute approximate surface area is 171 Å². The molecule has 1 aliphatic heterocycles. The summed E-state index contributed by atoms with van der Waals surface area (Å²) in [6.45, 7) is 2.39. The van der Waals surface area contributed by atoms with E-state index in [-0.39, 0.29) is 11.6 Å². The van der Waals surface area contributed by atoms with Gasteiger partial charge in [-0.2, -0.15) is 18.3 Å². The number of alkyl halides is 3. The van der Waals surface area contributed by atoms with Gasteiger partial charge in [0.05, 0.1) is 11.7 Å². The van der Waals surface area contributed by atoms with E-state index in [1.54, 1.807) is 48.3 Å². The second-order valence-electron chi connectivity index (χ2n) is 7.37. The Kier molecular flexibility index (Phi) is 5.00. The standard InChI is InChI=1S/C20H21F3N6O/c1-27(2)19(30)29-9-7-28(8-10-29)17-5-6-24-16-4-3-13(11-14(16)17)15-12-25-26-18(15)20(21,22)23/h3-6,11-12H,7-10H2,1-2H3,(H,25,26). The fourth-order valence-electron chi connectivity index (χ4n) is 3.72. The summed E-state index contributed by atoms with van der Waals surface area (Å²) in [5.41, 5.74) is 1.12. The summed E-state index contributed by atoms with van der Waals surface area (Å²) < 4.78 is 39.8. The van der Waals surface area contributed by atoms with E-state index in [2.05, 4.69) is 20.1 Å². The predicted octanol–water partition coefficient (Wildman–Crippen LogP) is 3.45. The lowest BCUT2D eigenvalue weighted by molar-refractivity contribution is -0.140. The van der Waals surface area contributed by atoms with Gasteiger partial charge in [0.1, 0.15) is 5.69 Å². The molecule has 1 aromatic carbocycles. The number of hydrogen-bond acceptors (Lipinski definition) is 4. The molecule has 30 heavy (non-hydrogen) atoms. The summed E-state index contributed by atoms with van der Waals surface area (Å²) in [7, 11) is 3.44. The van der Waals surface area contributed by atoms with Gasteiger partial charge >= 0.3 is 12.2 Å². The number of H-pyrrole nitrogens is 1. The minimum atomic E-state index is -4.52. The van der Waals surface area contributed by atoms with E-state index in [0.717, 1.165) is 11.1 Å². The maximum atomic E-state index is 13.3. The Morgan fingerprint density at radius 1 is 1.13 bits per heavy atom. The van der Waals surface area contributed by atoms with Crippen LogP contribution in [0.15, 0.2) is 36.7 Å². The van der Waals surface area contributed by atoms with Gasteiger partial charge in [0, 0.05) is 63.1 Å². The number of rotatable bonds is 2. The number of hydrogen-bond donors (Lipinski definition) is 1. The molecule has 7 nitrogen and oxygen atoms in total. The molecule has 4 rings (SSSR count). The van der Waals surface area contributed by atoms with Crippen molar-refractivity contribution in [2.45, 2.75) is 6.18 Å². The van der Waals surface area contributed by atoms with Crippen LogP contribution < -0.4 is 4.90 Å². The fourth-order valence-corrected chi connectivity index (χ4v) is 3.72. The average molecular weight is 418 g/mol. The molecule has 1 fully saturated rings. The molecule has 0 saturated carbocycles. The number of piperazine rings is 1. The van der Waals surface area contributed by atoms with Crippen molar-refractivity contribution in [3.05, 3.63) is 42.4 Å². The van der Waals surface area contributed by atoms with Crippen LogP contribution in [-0.4, -0.2) is 71.3 Å². The summed E-state index contributed by atoms with van der Waals surface area (Å²) in [6.07, 6.45) is -1.65. The number of pyridine rings is 1. The number of urea groups is 1. The monoisotopic (exact) mass is 418 g/mol. The number of aromatic nitrogens is 3. The number of halogens is 3. The molecule has 1 saturated heterocycles. The lowest BCUT2D eigenvalue weighted by atomic mass is 10.0. The number of anilines is 1. The minimum Gasteiger partial charge on any atom is -0.367 e. The second kappa shape index (κ2) is 7.51. The number of nitrogens with zero attached hydrogens (tertiary/aromatic N) is 5. The lowest BCUT2D eigenvalue weighted by Crippen LogP contribution is -2.51. The van der Waals surface area contributed by atoms with Gasteiger partial charge in [0.25, 0.3) is 0 Å². The summed E-state index contributed by atoms with van der Waals surface area (Å²) in [5.74, 6) is 0. The molecular formula is C20H21F3N6O. The van der Waals surface area contributed by atoms with Crippen molar-refractivity contribution >= 4 is 22.6 Å². The molecule has 1 N–H and O–H groups in total. The number of fused-ring (bicyclic) bond motifs is 1.